The second-order valence-electron chi connectivity index (χ2n) is 8.35. The van der Waals surface area contributed by atoms with E-state index < -0.39 is 0 Å². The fourth-order valence-electron chi connectivity index (χ4n) is 4.07. The zero-order valence-electron chi connectivity index (χ0n) is 19.5. The first-order valence-electron chi connectivity index (χ1n) is 11.5. The van der Waals surface area contributed by atoms with Crippen molar-refractivity contribution in [1.82, 2.24) is 9.80 Å². The Morgan fingerprint density at radius 1 is 0.939 bits per heavy atom. The summed E-state index contributed by atoms with van der Waals surface area (Å²) in [4.78, 5) is 30.5. The van der Waals surface area contributed by atoms with Crippen molar-refractivity contribution in [2.24, 2.45) is 0 Å². The average molecular weight is 450 g/mol. The third kappa shape index (κ3) is 5.10. The highest BCUT2D eigenvalue weighted by Gasteiger charge is 2.39. The summed E-state index contributed by atoms with van der Waals surface area (Å²) in [5.41, 5.74) is 4.42. The first-order valence-corrected chi connectivity index (χ1v) is 11.5. The summed E-state index contributed by atoms with van der Waals surface area (Å²) in [6, 6.07) is 13.3. The van der Waals surface area contributed by atoms with Crippen molar-refractivity contribution in [3.63, 3.8) is 0 Å². The Bertz CT molecular complexity index is 1060. The highest BCUT2D eigenvalue weighted by Crippen LogP contribution is 2.31. The molecule has 7 nitrogen and oxygen atoms in total. The molecular weight excluding hydrogens is 418 g/mol. The van der Waals surface area contributed by atoms with Crippen LogP contribution in [0.4, 0.5) is 5.69 Å². The highest BCUT2D eigenvalue weighted by atomic mass is 16.5. The summed E-state index contributed by atoms with van der Waals surface area (Å²) >= 11 is 0. The maximum absolute atomic E-state index is 13.5. The minimum absolute atomic E-state index is 0.259. The van der Waals surface area contributed by atoms with E-state index >= 15 is 0 Å². The predicted molar refractivity (Wildman–Crippen MR) is 128 cm³/mol. The Morgan fingerprint density at radius 3 is 2.33 bits per heavy atom. The first-order chi connectivity index (χ1) is 16.0. The molecular formula is C26H31N3O4. The van der Waals surface area contributed by atoms with Gasteiger partial charge in [-0.25, -0.2) is 0 Å². The summed E-state index contributed by atoms with van der Waals surface area (Å²) in [5.74, 6) is 0.202. The van der Waals surface area contributed by atoms with Gasteiger partial charge in [-0.05, 0) is 61.7 Å². The third-order valence-electron chi connectivity index (χ3n) is 6.14. The average Bonchev–Trinajstić information content (AvgIpc) is 3.05. The molecule has 7 heteroatoms. The molecule has 2 aliphatic rings. The van der Waals surface area contributed by atoms with Gasteiger partial charge in [0.1, 0.15) is 11.4 Å². The molecule has 2 aliphatic heterocycles. The molecule has 1 N–H and O–H groups in total. The Labute approximate surface area is 195 Å². The summed E-state index contributed by atoms with van der Waals surface area (Å²) in [6.07, 6.45) is 0. The van der Waals surface area contributed by atoms with Crippen molar-refractivity contribution < 1.29 is 19.1 Å². The highest BCUT2D eigenvalue weighted by molar-refractivity contribution is 6.36. The van der Waals surface area contributed by atoms with Crippen molar-refractivity contribution in [3.8, 4) is 5.75 Å². The molecule has 2 aromatic carbocycles. The van der Waals surface area contributed by atoms with Gasteiger partial charge in [-0.3, -0.25) is 19.4 Å². The van der Waals surface area contributed by atoms with Gasteiger partial charge in [-0.2, -0.15) is 0 Å². The lowest BCUT2D eigenvalue weighted by molar-refractivity contribution is -0.137. The molecule has 0 aliphatic carbocycles. The molecule has 0 spiro atoms. The number of anilines is 1. The van der Waals surface area contributed by atoms with E-state index in [-0.39, 0.29) is 11.8 Å². The van der Waals surface area contributed by atoms with Gasteiger partial charge in [-0.1, -0.05) is 18.2 Å². The number of morpholine rings is 1. The molecule has 0 radical (unpaired) electrons. The first kappa shape index (κ1) is 23.0. The molecule has 0 saturated carbocycles. The number of hydrogen-bond acceptors (Lipinski definition) is 6. The molecule has 33 heavy (non-hydrogen) atoms. The zero-order valence-corrected chi connectivity index (χ0v) is 19.5. The van der Waals surface area contributed by atoms with E-state index in [2.05, 4.69) is 10.2 Å². The molecule has 1 saturated heterocycles. The molecule has 0 unspecified atom stereocenters. The van der Waals surface area contributed by atoms with Crippen LogP contribution in [0.1, 0.15) is 23.6 Å². The minimum Gasteiger partial charge on any atom is -0.494 e. The third-order valence-corrected chi connectivity index (χ3v) is 6.14. The van der Waals surface area contributed by atoms with Gasteiger partial charge in [0, 0.05) is 31.9 Å². The molecule has 1 fully saturated rings. The summed E-state index contributed by atoms with van der Waals surface area (Å²) in [6.45, 7) is 10.5. The smallest absolute Gasteiger partial charge is 0.278 e. The molecule has 0 aromatic heterocycles. The number of imide groups is 1. The fourth-order valence-corrected chi connectivity index (χ4v) is 4.07. The number of nitrogens with zero attached hydrogens (tertiary/aromatic N) is 2. The molecule has 0 bridgehead atoms. The standard InChI is InChI=1S/C26H31N3O4/c1-4-33-22-9-7-21(8-10-22)27-24-23(20-6-5-18(2)19(3)17-20)25(30)29(26(24)31)12-11-28-13-15-32-16-14-28/h5-10,17,27H,4,11-16H2,1-3H3. The number of carbonyl (C=O) groups excluding carboxylic acids is 2. The normalized spacial score (nSPS) is 17.1. The van der Waals surface area contributed by atoms with Crippen molar-refractivity contribution in [1.29, 1.82) is 0 Å². The summed E-state index contributed by atoms with van der Waals surface area (Å²) in [7, 11) is 0. The molecule has 2 aromatic rings. The van der Waals surface area contributed by atoms with Crippen LogP contribution < -0.4 is 10.1 Å². The predicted octanol–water partition coefficient (Wildman–Crippen LogP) is 3.23. The second kappa shape index (κ2) is 10.2. The number of carbonyl (C=O) groups is 2. The summed E-state index contributed by atoms with van der Waals surface area (Å²) < 4.78 is 10.9. The van der Waals surface area contributed by atoms with Crippen LogP contribution in [0.3, 0.4) is 0 Å². The van der Waals surface area contributed by atoms with Gasteiger partial charge in [0.15, 0.2) is 0 Å². The number of hydrogen-bond donors (Lipinski definition) is 1. The topological polar surface area (TPSA) is 71.1 Å². The lowest BCUT2D eigenvalue weighted by Gasteiger charge is -2.28. The maximum atomic E-state index is 13.5. The Morgan fingerprint density at radius 2 is 1.67 bits per heavy atom. The maximum Gasteiger partial charge on any atom is 0.278 e. The monoisotopic (exact) mass is 449 g/mol. The minimum atomic E-state index is -0.296. The van der Waals surface area contributed by atoms with Crippen molar-refractivity contribution >= 4 is 23.1 Å². The second-order valence-corrected chi connectivity index (χ2v) is 8.35. The van der Waals surface area contributed by atoms with Crippen LogP contribution in [0.2, 0.25) is 0 Å². The van der Waals surface area contributed by atoms with Crippen LogP contribution in [-0.4, -0.2) is 67.6 Å². The quantitative estimate of drug-likeness (QED) is 0.624. The van der Waals surface area contributed by atoms with Gasteiger partial charge in [0.25, 0.3) is 11.8 Å². The Hall–Kier alpha value is -3.16. The van der Waals surface area contributed by atoms with E-state index in [1.54, 1.807) is 0 Å². The summed E-state index contributed by atoms with van der Waals surface area (Å²) in [5, 5.41) is 3.22. The van der Waals surface area contributed by atoms with E-state index in [9.17, 15) is 9.59 Å². The molecule has 2 amide bonds. The number of benzene rings is 2. The van der Waals surface area contributed by atoms with Crippen LogP contribution in [0.5, 0.6) is 5.75 Å². The van der Waals surface area contributed by atoms with E-state index in [0.717, 1.165) is 41.2 Å². The Kier molecular flexibility index (Phi) is 7.11. The van der Waals surface area contributed by atoms with Crippen LogP contribution >= 0.6 is 0 Å². The molecule has 4 rings (SSSR count). The van der Waals surface area contributed by atoms with Crippen molar-refractivity contribution in [2.75, 3.05) is 51.3 Å². The molecule has 0 atom stereocenters. The number of ether oxygens (including phenoxy) is 2. The zero-order chi connectivity index (χ0) is 23.4. The lowest BCUT2D eigenvalue weighted by Crippen LogP contribution is -2.43. The van der Waals surface area contributed by atoms with Gasteiger partial charge >= 0.3 is 0 Å². The molecule has 174 valence electrons. The Balaban J connectivity index is 1.62. The van der Waals surface area contributed by atoms with Crippen LogP contribution in [-0.2, 0) is 14.3 Å². The number of rotatable bonds is 8. The largest absolute Gasteiger partial charge is 0.494 e. The van der Waals surface area contributed by atoms with E-state index in [1.165, 1.54) is 4.90 Å². The van der Waals surface area contributed by atoms with E-state index in [1.807, 2.05) is 63.2 Å². The van der Waals surface area contributed by atoms with Crippen LogP contribution in [0.25, 0.3) is 5.57 Å². The van der Waals surface area contributed by atoms with Gasteiger partial charge in [0.2, 0.25) is 0 Å². The van der Waals surface area contributed by atoms with Crippen molar-refractivity contribution in [2.45, 2.75) is 20.8 Å². The fraction of sp³-hybridized carbons (Fsp3) is 0.385. The van der Waals surface area contributed by atoms with Crippen LogP contribution in [0.15, 0.2) is 48.2 Å². The molecule has 2 heterocycles. The number of nitrogens with one attached hydrogen (secondary N) is 1. The number of aryl methyl sites for hydroxylation is 2. The van der Waals surface area contributed by atoms with Gasteiger partial charge in [0.05, 0.1) is 25.4 Å². The van der Waals surface area contributed by atoms with Crippen molar-refractivity contribution in [3.05, 3.63) is 64.9 Å². The SMILES string of the molecule is CCOc1ccc(NC2=C(c3ccc(C)c(C)c3)C(=O)N(CCN3CCOCC3)C2=O)cc1. The lowest BCUT2D eigenvalue weighted by atomic mass is 9.99. The van der Waals surface area contributed by atoms with E-state index in [4.69, 9.17) is 9.47 Å². The van der Waals surface area contributed by atoms with E-state index in [0.29, 0.717) is 44.2 Å². The van der Waals surface area contributed by atoms with Gasteiger partial charge in [-0.15, -0.1) is 0 Å². The number of amides is 2. The van der Waals surface area contributed by atoms with Gasteiger partial charge < -0.3 is 14.8 Å². The van der Waals surface area contributed by atoms with Crippen LogP contribution in [0, 0.1) is 13.8 Å².